The van der Waals surface area contributed by atoms with E-state index in [1.165, 1.54) is 18.9 Å². The molecule has 6 nitrogen and oxygen atoms in total. The van der Waals surface area contributed by atoms with Crippen molar-refractivity contribution in [2.24, 2.45) is 4.99 Å². The van der Waals surface area contributed by atoms with Gasteiger partial charge < -0.3 is 14.8 Å². The van der Waals surface area contributed by atoms with E-state index in [4.69, 9.17) is 21.1 Å². The number of aryl methyl sites for hydroxylation is 1. The molecule has 1 aliphatic heterocycles. The van der Waals surface area contributed by atoms with Crippen LogP contribution in [0.3, 0.4) is 0 Å². The quantitative estimate of drug-likeness (QED) is 0.286. The van der Waals surface area contributed by atoms with Crippen molar-refractivity contribution >= 4 is 52.2 Å². The Hall–Kier alpha value is -3.55. The van der Waals surface area contributed by atoms with Crippen LogP contribution in [0.1, 0.15) is 21.5 Å². The largest absolute Gasteiger partial charge is 0.493 e. The fourth-order valence-corrected chi connectivity index (χ4v) is 3.94. The van der Waals surface area contributed by atoms with Gasteiger partial charge in [0, 0.05) is 5.02 Å². The summed E-state index contributed by atoms with van der Waals surface area (Å²) in [5.74, 6) is -0.0905. The maximum absolute atomic E-state index is 12.6. The van der Waals surface area contributed by atoms with E-state index in [1.54, 1.807) is 60.7 Å². The van der Waals surface area contributed by atoms with Crippen LogP contribution in [0.2, 0.25) is 5.02 Å². The van der Waals surface area contributed by atoms with Gasteiger partial charge in [0.15, 0.2) is 16.7 Å². The van der Waals surface area contributed by atoms with Crippen molar-refractivity contribution in [2.75, 3.05) is 7.11 Å². The fourth-order valence-electron chi connectivity index (χ4n) is 2.98. The van der Waals surface area contributed by atoms with Gasteiger partial charge in [0.1, 0.15) is 0 Å². The standard InChI is InChI=1S/C25H19ClN2O4S/c1-15-3-6-17(7-4-15)24(30)32-21-13-16(5-12-20(21)31-2)14-22-23(29)28-25(33-22)27-19-10-8-18(26)9-11-19/h3-14H,1-2H3,(H,27,28,29)/b22-14-. The number of hydrogen-bond acceptors (Lipinski definition) is 6. The number of nitrogens with one attached hydrogen (secondary N) is 1. The molecule has 0 bridgehead atoms. The van der Waals surface area contributed by atoms with Crippen LogP contribution in [0.25, 0.3) is 6.08 Å². The van der Waals surface area contributed by atoms with Gasteiger partial charge in [-0.05, 0) is 78.9 Å². The molecule has 0 radical (unpaired) electrons. The summed E-state index contributed by atoms with van der Waals surface area (Å²) in [5, 5.41) is 3.82. The third kappa shape index (κ3) is 5.63. The van der Waals surface area contributed by atoms with Crippen LogP contribution in [-0.4, -0.2) is 24.2 Å². The summed E-state index contributed by atoms with van der Waals surface area (Å²) in [4.78, 5) is 29.9. The second kappa shape index (κ2) is 9.94. The van der Waals surface area contributed by atoms with E-state index in [2.05, 4.69) is 10.3 Å². The molecule has 0 aliphatic carbocycles. The average molecular weight is 479 g/mol. The fraction of sp³-hybridized carbons (Fsp3) is 0.0800. The molecule has 166 valence electrons. The predicted octanol–water partition coefficient (Wildman–Crippen LogP) is 5.77. The molecule has 3 aromatic carbocycles. The number of nitrogens with zero attached hydrogens (tertiary/aromatic N) is 1. The first kappa shape index (κ1) is 22.6. The molecule has 1 saturated heterocycles. The number of esters is 1. The van der Waals surface area contributed by atoms with Gasteiger partial charge in [-0.15, -0.1) is 0 Å². The van der Waals surface area contributed by atoms with E-state index in [1.807, 2.05) is 19.1 Å². The Morgan fingerprint density at radius 2 is 1.76 bits per heavy atom. The van der Waals surface area contributed by atoms with Crippen LogP contribution in [0.5, 0.6) is 11.5 Å². The molecule has 0 spiro atoms. The number of thioether (sulfide) groups is 1. The van der Waals surface area contributed by atoms with Gasteiger partial charge in [0.05, 0.1) is 23.3 Å². The first-order valence-corrected chi connectivity index (χ1v) is 11.1. The van der Waals surface area contributed by atoms with E-state index in [0.717, 1.165) is 5.56 Å². The molecule has 0 saturated carbocycles. The van der Waals surface area contributed by atoms with Crippen LogP contribution in [0, 0.1) is 6.92 Å². The number of aliphatic imine (C=N–C) groups is 1. The monoisotopic (exact) mass is 478 g/mol. The molecule has 1 heterocycles. The number of benzene rings is 3. The number of carbonyl (C=O) groups is 2. The van der Waals surface area contributed by atoms with Crippen LogP contribution >= 0.6 is 23.4 Å². The maximum Gasteiger partial charge on any atom is 0.343 e. The molecular formula is C25H19ClN2O4S. The zero-order valence-electron chi connectivity index (χ0n) is 17.8. The number of carbonyl (C=O) groups excluding carboxylic acids is 2. The van der Waals surface area contributed by atoms with Crippen molar-refractivity contribution in [3.8, 4) is 11.5 Å². The number of methoxy groups -OCH3 is 1. The Kier molecular flexibility index (Phi) is 6.82. The van der Waals surface area contributed by atoms with Crippen molar-refractivity contribution in [3.63, 3.8) is 0 Å². The summed E-state index contributed by atoms with van der Waals surface area (Å²) in [6.07, 6.45) is 1.70. The van der Waals surface area contributed by atoms with Gasteiger partial charge in [-0.2, -0.15) is 0 Å². The lowest BCUT2D eigenvalue weighted by Gasteiger charge is -2.10. The lowest BCUT2D eigenvalue weighted by atomic mass is 10.1. The molecule has 1 fully saturated rings. The second-order valence-electron chi connectivity index (χ2n) is 7.12. The molecule has 1 amide bonds. The number of hydrogen-bond donors (Lipinski definition) is 1. The minimum Gasteiger partial charge on any atom is -0.493 e. The lowest BCUT2D eigenvalue weighted by molar-refractivity contribution is -0.115. The van der Waals surface area contributed by atoms with Crippen molar-refractivity contribution in [1.29, 1.82) is 0 Å². The molecule has 8 heteroatoms. The van der Waals surface area contributed by atoms with Crippen LogP contribution in [0.4, 0.5) is 5.69 Å². The molecule has 0 unspecified atom stereocenters. The lowest BCUT2D eigenvalue weighted by Crippen LogP contribution is -2.19. The van der Waals surface area contributed by atoms with Crippen molar-refractivity contribution < 1.29 is 19.1 Å². The number of halogens is 1. The van der Waals surface area contributed by atoms with Crippen molar-refractivity contribution in [3.05, 3.63) is 93.3 Å². The zero-order valence-corrected chi connectivity index (χ0v) is 19.4. The molecule has 4 rings (SSSR count). The Morgan fingerprint density at radius 3 is 2.45 bits per heavy atom. The van der Waals surface area contributed by atoms with Gasteiger partial charge in [-0.1, -0.05) is 35.4 Å². The SMILES string of the molecule is COc1ccc(/C=C2\SC(=Nc3ccc(Cl)cc3)NC2=O)cc1OC(=O)c1ccc(C)cc1. The zero-order chi connectivity index (χ0) is 23.4. The van der Waals surface area contributed by atoms with E-state index in [9.17, 15) is 9.59 Å². The van der Waals surface area contributed by atoms with Gasteiger partial charge in [-0.25, -0.2) is 9.79 Å². The molecule has 3 aromatic rings. The summed E-state index contributed by atoms with van der Waals surface area (Å²) < 4.78 is 10.9. The third-order valence-electron chi connectivity index (χ3n) is 4.68. The minimum atomic E-state index is -0.497. The number of ether oxygens (including phenoxy) is 2. The van der Waals surface area contributed by atoms with Crippen molar-refractivity contribution in [2.45, 2.75) is 6.92 Å². The Bertz CT molecular complexity index is 1270. The van der Waals surface area contributed by atoms with Crippen LogP contribution < -0.4 is 14.8 Å². The van der Waals surface area contributed by atoms with Gasteiger partial charge in [0.2, 0.25) is 0 Å². The van der Waals surface area contributed by atoms with E-state index < -0.39 is 5.97 Å². The highest BCUT2D eigenvalue weighted by molar-refractivity contribution is 8.18. The summed E-state index contributed by atoms with van der Waals surface area (Å²) in [6, 6.07) is 19.2. The number of amidine groups is 1. The summed E-state index contributed by atoms with van der Waals surface area (Å²) in [5.41, 5.74) is 2.83. The van der Waals surface area contributed by atoms with Gasteiger partial charge >= 0.3 is 5.97 Å². The highest BCUT2D eigenvalue weighted by Gasteiger charge is 2.24. The molecule has 0 atom stereocenters. The first-order valence-electron chi connectivity index (χ1n) is 9.93. The summed E-state index contributed by atoms with van der Waals surface area (Å²) >= 11 is 7.12. The molecule has 1 N–H and O–H groups in total. The maximum atomic E-state index is 12.6. The van der Waals surface area contributed by atoms with Crippen LogP contribution in [-0.2, 0) is 4.79 Å². The average Bonchev–Trinajstić information content (AvgIpc) is 3.14. The molecule has 1 aliphatic rings. The molecular weight excluding hydrogens is 460 g/mol. The van der Waals surface area contributed by atoms with E-state index in [0.29, 0.717) is 37.7 Å². The van der Waals surface area contributed by atoms with E-state index in [-0.39, 0.29) is 11.7 Å². The highest BCUT2D eigenvalue weighted by Crippen LogP contribution is 2.33. The van der Waals surface area contributed by atoms with Crippen LogP contribution in [0.15, 0.2) is 76.6 Å². The molecule has 0 aromatic heterocycles. The molecule has 33 heavy (non-hydrogen) atoms. The Labute approximate surface area is 200 Å². The Balaban J connectivity index is 1.55. The second-order valence-corrected chi connectivity index (χ2v) is 8.59. The van der Waals surface area contributed by atoms with Gasteiger partial charge in [0.25, 0.3) is 5.91 Å². The smallest absolute Gasteiger partial charge is 0.343 e. The first-order chi connectivity index (χ1) is 15.9. The topological polar surface area (TPSA) is 77.0 Å². The predicted molar refractivity (Wildman–Crippen MR) is 131 cm³/mol. The number of rotatable bonds is 5. The summed E-state index contributed by atoms with van der Waals surface area (Å²) in [6.45, 7) is 1.94. The highest BCUT2D eigenvalue weighted by atomic mass is 35.5. The summed E-state index contributed by atoms with van der Waals surface area (Å²) in [7, 11) is 1.50. The Morgan fingerprint density at radius 1 is 1.03 bits per heavy atom. The third-order valence-corrected chi connectivity index (χ3v) is 5.85. The normalized spacial score (nSPS) is 15.5. The van der Waals surface area contributed by atoms with E-state index >= 15 is 0 Å². The number of amides is 1. The van der Waals surface area contributed by atoms with Gasteiger partial charge in [-0.3, -0.25) is 4.79 Å². The van der Waals surface area contributed by atoms with Crippen molar-refractivity contribution in [1.82, 2.24) is 5.32 Å². The minimum absolute atomic E-state index is 0.260.